The van der Waals surface area contributed by atoms with Crippen molar-refractivity contribution in [1.29, 1.82) is 0 Å². The second-order valence-electron chi connectivity index (χ2n) is 5.76. The summed E-state index contributed by atoms with van der Waals surface area (Å²) in [7, 11) is 2.93. The molecule has 150 valence electrons. The van der Waals surface area contributed by atoms with Crippen LogP contribution in [0.25, 0.3) is 6.08 Å². The van der Waals surface area contributed by atoms with Crippen LogP contribution in [-0.2, 0) is 9.59 Å². The summed E-state index contributed by atoms with van der Waals surface area (Å²) in [6.07, 6.45) is 1.34. The van der Waals surface area contributed by atoms with Crippen molar-refractivity contribution in [2.75, 3.05) is 19.1 Å². The Hall–Kier alpha value is -2.32. The maximum atomic E-state index is 13.1. The van der Waals surface area contributed by atoms with Crippen LogP contribution in [0.5, 0.6) is 11.5 Å². The molecule has 0 aliphatic carbocycles. The summed E-state index contributed by atoms with van der Waals surface area (Å²) >= 11 is 23.7. The van der Waals surface area contributed by atoms with Gasteiger partial charge in [0, 0.05) is 6.07 Å². The summed E-state index contributed by atoms with van der Waals surface area (Å²) in [5.41, 5.74) is 0.440. The minimum atomic E-state index is -0.672. The molecule has 1 saturated heterocycles. The zero-order chi connectivity index (χ0) is 21.3. The third-order valence-electron chi connectivity index (χ3n) is 4.08. The second-order valence-corrected chi connectivity index (χ2v) is 7.34. The van der Waals surface area contributed by atoms with Gasteiger partial charge in [-0.05, 0) is 42.1 Å². The maximum Gasteiger partial charge on any atom is 0.270 e. The van der Waals surface area contributed by atoms with Crippen molar-refractivity contribution >= 4 is 75.7 Å². The largest absolute Gasteiger partial charge is 0.493 e. The van der Waals surface area contributed by atoms with Gasteiger partial charge >= 0.3 is 0 Å². The third-order valence-corrected chi connectivity index (χ3v) is 5.50. The molecule has 1 aliphatic heterocycles. The number of ether oxygens (including phenoxy) is 2. The van der Waals surface area contributed by atoms with Crippen LogP contribution in [0.4, 0.5) is 5.69 Å². The number of methoxy groups -OCH3 is 2. The number of thiocarbonyl (C=S) groups is 1. The number of hydrogen-bond donors (Lipinski definition) is 1. The number of halogens is 3. The van der Waals surface area contributed by atoms with Gasteiger partial charge in [-0.15, -0.1) is 0 Å². The quantitative estimate of drug-likeness (QED) is 0.404. The summed E-state index contributed by atoms with van der Waals surface area (Å²) < 4.78 is 10.4. The van der Waals surface area contributed by atoms with E-state index in [2.05, 4.69) is 5.32 Å². The molecule has 2 aromatic rings. The fourth-order valence-corrected chi connectivity index (χ4v) is 3.54. The Morgan fingerprint density at radius 1 is 1.03 bits per heavy atom. The van der Waals surface area contributed by atoms with E-state index in [9.17, 15) is 9.59 Å². The minimum Gasteiger partial charge on any atom is -0.493 e. The number of carbonyl (C=O) groups is 2. The minimum absolute atomic E-state index is 0.111. The highest BCUT2D eigenvalue weighted by molar-refractivity contribution is 7.80. The lowest BCUT2D eigenvalue weighted by atomic mass is 10.1. The first-order valence-corrected chi connectivity index (χ1v) is 9.59. The van der Waals surface area contributed by atoms with Gasteiger partial charge < -0.3 is 9.47 Å². The van der Waals surface area contributed by atoms with Gasteiger partial charge in [0.15, 0.2) is 16.6 Å². The predicted molar refractivity (Wildman–Crippen MR) is 117 cm³/mol. The normalized spacial score (nSPS) is 15.6. The molecular weight excluding hydrogens is 459 g/mol. The van der Waals surface area contributed by atoms with Crippen molar-refractivity contribution in [2.24, 2.45) is 0 Å². The van der Waals surface area contributed by atoms with Crippen LogP contribution in [-0.4, -0.2) is 31.1 Å². The van der Waals surface area contributed by atoms with E-state index in [0.29, 0.717) is 17.1 Å². The number of amides is 2. The van der Waals surface area contributed by atoms with Gasteiger partial charge in [0.2, 0.25) is 0 Å². The molecule has 0 unspecified atom stereocenters. The first kappa shape index (κ1) is 21.4. The standard InChI is InChI=1S/C19H13Cl3N2O4S/c1-27-14-7-9(12(21)8-15(14)28-2)6-10-17(25)23-19(29)24(18(10)26)13-5-3-4-11(20)16(13)22/h3-8H,1-2H3,(H,23,25,29)/b10-6+. The van der Waals surface area contributed by atoms with Crippen LogP contribution in [0, 0.1) is 0 Å². The topological polar surface area (TPSA) is 67.9 Å². The Morgan fingerprint density at radius 2 is 1.69 bits per heavy atom. The second kappa shape index (κ2) is 8.59. The molecule has 29 heavy (non-hydrogen) atoms. The smallest absolute Gasteiger partial charge is 0.270 e. The van der Waals surface area contributed by atoms with Crippen molar-refractivity contribution < 1.29 is 19.1 Å². The Labute approximate surface area is 186 Å². The number of nitrogens with one attached hydrogen (secondary N) is 1. The molecule has 0 atom stereocenters. The lowest BCUT2D eigenvalue weighted by molar-refractivity contribution is -0.122. The van der Waals surface area contributed by atoms with Gasteiger partial charge in [0.1, 0.15) is 5.57 Å². The molecule has 1 heterocycles. The number of benzene rings is 2. The highest BCUT2D eigenvalue weighted by Crippen LogP contribution is 2.36. The average molecular weight is 472 g/mol. The molecule has 1 fully saturated rings. The molecule has 3 rings (SSSR count). The predicted octanol–water partition coefficient (Wildman–Crippen LogP) is 4.50. The average Bonchev–Trinajstić information content (AvgIpc) is 2.68. The van der Waals surface area contributed by atoms with E-state index in [4.69, 9.17) is 56.5 Å². The lowest BCUT2D eigenvalue weighted by Crippen LogP contribution is -2.54. The molecule has 0 radical (unpaired) electrons. The molecule has 0 aromatic heterocycles. The molecule has 1 N–H and O–H groups in total. The maximum absolute atomic E-state index is 13.1. The monoisotopic (exact) mass is 470 g/mol. The molecule has 2 amide bonds. The van der Waals surface area contributed by atoms with Crippen molar-refractivity contribution in [3.8, 4) is 11.5 Å². The van der Waals surface area contributed by atoms with Crippen LogP contribution >= 0.6 is 47.0 Å². The summed E-state index contributed by atoms with van der Waals surface area (Å²) in [5.74, 6) is -0.542. The van der Waals surface area contributed by atoms with Gasteiger partial charge in [-0.1, -0.05) is 40.9 Å². The molecule has 6 nitrogen and oxygen atoms in total. The SMILES string of the molecule is COc1cc(Cl)c(/C=C2\C(=O)NC(=S)N(c3cccc(Cl)c3Cl)C2=O)cc1OC. The fraction of sp³-hybridized carbons (Fsp3) is 0.105. The van der Waals surface area contributed by atoms with Crippen LogP contribution in [0.2, 0.25) is 15.1 Å². The Morgan fingerprint density at radius 3 is 2.34 bits per heavy atom. The molecule has 10 heteroatoms. The zero-order valence-corrected chi connectivity index (χ0v) is 18.2. The zero-order valence-electron chi connectivity index (χ0n) is 15.1. The van der Waals surface area contributed by atoms with Gasteiger partial charge in [-0.25, -0.2) is 0 Å². The number of rotatable bonds is 4. The first-order valence-electron chi connectivity index (χ1n) is 8.05. The van der Waals surface area contributed by atoms with Crippen molar-refractivity contribution in [1.82, 2.24) is 5.32 Å². The van der Waals surface area contributed by atoms with E-state index in [1.165, 1.54) is 26.4 Å². The van der Waals surface area contributed by atoms with Crippen LogP contribution in [0.1, 0.15) is 5.56 Å². The first-order chi connectivity index (χ1) is 13.8. The highest BCUT2D eigenvalue weighted by Gasteiger charge is 2.36. The Balaban J connectivity index is 2.10. The molecule has 0 saturated carbocycles. The summed E-state index contributed by atoms with van der Waals surface area (Å²) in [4.78, 5) is 26.7. The van der Waals surface area contributed by atoms with Gasteiger partial charge in [-0.2, -0.15) is 0 Å². The number of anilines is 1. The Bertz CT molecular complexity index is 1070. The van der Waals surface area contributed by atoms with Crippen molar-refractivity contribution in [3.05, 3.63) is 56.5 Å². The van der Waals surface area contributed by atoms with Gasteiger partial charge in [0.25, 0.3) is 11.8 Å². The van der Waals surface area contributed by atoms with Crippen LogP contribution in [0.3, 0.4) is 0 Å². The van der Waals surface area contributed by atoms with Gasteiger partial charge in [-0.3, -0.25) is 19.8 Å². The summed E-state index contributed by atoms with van der Waals surface area (Å²) in [5, 5.41) is 2.99. The number of hydrogen-bond acceptors (Lipinski definition) is 5. The molecule has 0 spiro atoms. The van der Waals surface area contributed by atoms with E-state index in [1.807, 2.05) is 0 Å². The number of nitrogens with zero attached hydrogens (tertiary/aromatic N) is 1. The molecule has 1 aliphatic rings. The van der Waals surface area contributed by atoms with E-state index in [1.54, 1.807) is 24.3 Å². The molecule has 2 aromatic carbocycles. The van der Waals surface area contributed by atoms with E-state index >= 15 is 0 Å². The van der Waals surface area contributed by atoms with Crippen LogP contribution in [0.15, 0.2) is 35.9 Å². The Kier molecular flexibility index (Phi) is 6.33. The van der Waals surface area contributed by atoms with E-state index in [-0.39, 0.29) is 31.4 Å². The third kappa shape index (κ3) is 4.04. The molecular formula is C19H13Cl3N2O4S. The van der Waals surface area contributed by atoms with Crippen LogP contribution < -0.4 is 19.7 Å². The van der Waals surface area contributed by atoms with Crippen molar-refractivity contribution in [3.63, 3.8) is 0 Å². The molecule has 0 bridgehead atoms. The number of carbonyl (C=O) groups excluding carboxylic acids is 2. The van der Waals surface area contributed by atoms with Crippen molar-refractivity contribution in [2.45, 2.75) is 0 Å². The highest BCUT2D eigenvalue weighted by atomic mass is 35.5. The van der Waals surface area contributed by atoms with E-state index < -0.39 is 11.8 Å². The lowest BCUT2D eigenvalue weighted by Gasteiger charge is -2.29. The summed E-state index contributed by atoms with van der Waals surface area (Å²) in [6.45, 7) is 0. The van der Waals surface area contributed by atoms with Gasteiger partial charge in [0.05, 0.1) is 35.0 Å². The fourth-order valence-electron chi connectivity index (χ4n) is 2.68. The summed E-state index contributed by atoms with van der Waals surface area (Å²) in [6, 6.07) is 7.83. The van der Waals surface area contributed by atoms with E-state index in [0.717, 1.165) is 4.90 Å².